The summed E-state index contributed by atoms with van der Waals surface area (Å²) in [6, 6.07) is 19.1. The van der Waals surface area contributed by atoms with Gasteiger partial charge in [-0.05, 0) is 59.7 Å². The number of aromatic nitrogens is 4. The van der Waals surface area contributed by atoms with E-state index in [2.05, 4.69) is 20.2 Å². The van der Waals surface area contributed by atoms with Crippen molar-refractivity contribution in [2.75, 3.05) is 0 Å². The van der Waals surface area contributed by atoms with Crippen LogP contribution in [0.2, 0.25) is 0 Å². The van der Waals surface area contributed by atoms with Gasteiger partial charge in [0.2, 0.25) is 5.82 Å². The summed E-state index contributed by atoms with van der Waals surface area (Å²) in [5, 5.41) is 8.46. The van der Waals surface area contributed by atoms with Gasteiger partial charge in [0.1, 0.15) is 17.1 Å². The second-order valence-corrected chi connectivity index (χ2v) is 13.0. The van der Waals surface area contributed by atoms with Crippen molar-refractivity contribution in [3.63, 3.8) is 0 Å². The van der Waals surface area contributed by atoms with Crippen molar-refractivity contribution in [3.05, 3.63) is 91.1 Å². The average Bonchev–Trinajstić information content (AvgIpc) is 2.96. The van der Waals surface area contributed by atoms with E-state index in [4.69, 9.17) is 0 Å². The molecule has 0 atom stereocenters. The molecule has 19 heteroatoms. The molecule has 0 aliphatic rings. The van der Waals surface area contributed by atoms with E-state index in [-0.39, 0.29) is 126 Å². The number of benzene rings is 3. The molecular formula is C26H18N4Na3O9S3. The van der Waals surface area contributed by atoms with Crippen molar-refractivity contribution in [1.82, 2.24) is 20.2 Å². The van der Waals surface area contributed by atoms with Crippen LogP contribution in [0.4, 0.5) is 0 Å². The van der Waals surface area contributed by atoms with E-state index in [1.54, 1.807) is 12.1 Å². The molecule has 13 nitrogen and oxygen atoms in total. The first kappa shape index (κ1) is 39.7. The molecule has 0 saturated heterocycles. The normalized spacial score (nSPS) is 11.4. The number of rotatable bonds is 7. The second-order valence-electron chi connectivity index (χ2n) is 8.76. The van der Waals surface area contributed by atoms with Gasteiger partial charge in [-0.3, -0.25) is 18.6 Å². The Kier molecular flexibility index (Phi) is 13.8. The third-order valence-electron chi connectivity index (χ3n) is 6.01. The van der Waals surface area contributed by atoms with Gasteiger partial charge in [-0.2, -0.15) is 25.3 Å². The van der Waals surface area contributed by atoms with Crippen molar-refractivity contribution in [3.8, 4) is 45.2 Å². The maximum atomic E-state index is 11.5. The minimum Gasteiger partial charge on any atom is -0.282 e. The molecule has 217 valence electrons. The summed E-state index contributed by atoms with van der Waals surface area (Å²) >= 11 is 0. The summed E-state index contributed by atoms with van der Waals surface area (Å²) < 4.78 is 96.7. The van der Waals surface area contributed by atoms with Gasteiger partial charge < -0.3 is 0 Å². The van der Waals surface area contributed by atoms with Crippen LogP contribution >= 0.6 is 0 Å². The first-order chi connectivity index (χ1) is 19.7. The Hall–Kier alpha value is -1.45. The number of hydrogen-bond donors (Lipinski definition) is 3. The molecule has 0 saturated carbocycles. The maximum Gasteiger partial charge on any atom is 0.294 e. The Bertz CT molecular complexity index is 2150. The maximum absolute atomic E-state index is 11.5. The average molecular weight is 696 g/mol. The summed E-state index contributed by atoms with van der Waals surface area (Å²) in [5.41, 5.74) is 2.67. The quantitative estimate of drug-likeness (QED) is 0.165. The molecule has 5 rings (SSSR count). The van der Waals surface area contributed by atoms with Gasteiger partial charge in [-0.15, -0.1) is 10.2 Å². The van der Waals surface area contributed by atoms with E-state index in [1.165, 1.54) is 79.0 Å². The summed E-state index contributed by atoms with van der Waals surface area (Å²) in [4.78, 5) is 7.96. The molecule has 0 amide bonds. The summed E-state index contributed by atoms with van der Waals surface area (Å²) in [6.07, 6.45) is 1.48. The molecule has 0 fully saturated rings. The molecule has 0 bridgehead atoms. The molecule has 45 heavy (non-hydrogen) atoms. The largest absolute Gasteiger partial charge is 0.294 e. The first-order valence-corrected chi connectivity index (χ1v) is 16.0. The topological polar surface area (TPSA) is 215 Å². The summed E-state index contributed by atoms with van der Waals surface area (Å²) in [7, 11) is -13.3. The number of pyridine rings is 1. The number of nitrogens with zero attached hydrogens (tertiary/aromatic N) is 4. The molecule has 0 unspecified atom stereocenters. The SMILES string of the molecule is O=S(=O)(O)c1ccc(-c2ccnc(-c3nnc(-c4ccc(S(=O)(=O)O)cc4)c(-c4ccc(S(=O)(=O)O)cc4)n3)c2)cc1.[Na].[Na].[Na]. The summed E-state index contributed by atoms with van der Waals surface area (Å²) in [5.74, 6) is 0.0681. The number of hydrogen-bond acceptors (Lipinski definition) is 10. The van der Waals surface area contributed by atoms with Crippen LogP contribution in [0.15, 0.2) is 106 Å². The van der Waals surface area contributed by atoms with Crippen molar-refractivity contribution in [2.45, 2.75) is 14.7 Å². The van der Waals surface area contributed by atoms with E-state index in [0.29, 0.717) is 22.3 Å². The summed E-state index contributed by atoms with van der Waals surface area (Å²) in [6.45, 7) is 0. The molecule has 2 heterocycles. The van der Waals surface area contributed by atoms with Gasteiger partial charge in [0.05, 0.1) is 14.7 Å². The van der Waals surface area contributed by atoms with E-state index in [1.807, 2.05) is 0 Å². The molecular weight excluding hydrogens is 677 g/mol. The van der Waals surface area contributed by atoms with Crippen LogP contribution in [0.5, 0.6) is 0 Å². The zero-order valence-electron chi connectivity index (χ0n) is 24.0. The van der Waals surface area contributed by atoms with Gasteiger partial charge >= 0.3 is 0 Å². The van der Waals surface area contributed by atoms with Gasteiger partial charge in [0.25, 0.3) is 30.4 Å². The minimum atomic E-state index is -4.46. The Balaban J connectivity index is 0.00000235. The fourth-order valence-electron chi connectivity index (χ4n) is 3.95. The van der Waals surface area contributed by atoms with E-state index < -0.39 is 30.4 Å². The van der Waals surface area contributed by atoms with Crippen LogP contribution in [-0.4, -0.2) is 148 Å². The molecule has 2 aromatic heterocycles. The van der Waals surface area contributed by atoms with Crippen molar-refractivity contribution in [1.29, 1.82) is 0 Å². The van der Waals surface area contributed by atoms with Crippen LogP contribution in [-0.2, 0) is 30.4 Å². The minimum absolute atomic E-state index is 0. The van der Waals surface area contributed by atoms with Crippen LogP contribution in [0, 0.1) is 0 Å². The fraction of sp³-hybridized carbons (Fsp3) is 0. The molecule has 3 N–H and O–H groups in total. The molecule has 0 aliphatic carbocycles. The fourth-order valence-corrected chi connectivity index (χ4v) is 5.39. The van der Waals surface area contributed by atoms with Gasteiger partial charge in [-0.1, -0.05) is 36.4 Å². The van der Waals surface area contributed by atoms with Crippen molar-refractivity contribution >= 4 is 119 Å². The molecule has 3 radical (unpaired) electrons. The smallest absolute Gasteiger partial charge is 0.282 e. The van der Waals surface area contributed by atoms with Gasteiger partial charge in [0.15, 0.2) is 0 Å². The Morgan fingerprint density at radius 1 is 0.467 bits per heavy atom. The zero-order valence-corrected chi connectivity index (χ0v) is 32.4. The monoisotopic (exact) mass is 695 g/mol. The van der Waals surface area contributed by atoms with Gasteiger partial charge in [-0.25, -0.2) is 4.98 Å². The van der Waals surface area contributed by atoms with Crippen LogP contribution in [0.25, 0.3) is 45.2 Å². The third-order valence-corrected chi connectivity index (χ3v) is 8.62. The molecule has 0 spiro atoms. The Labute approximate surface area is 325 Å². The van der Waals surface area contributed by atoms with E-state index in [9.17, 15) is 38.9 Å². The van der Waals surface area contributed by atoms with Crippen molar-refractivity contribution < 1.29 is 38.9 Å². The third kappa shape index (κ3) is 9.56. The zero-order chi connectivity index (χ0) is 30.3. The van der Waals surface area contributed by atoms with E-state index in [0.717, 1.165) is 0 Å². The second kappa shape index (κ2) is 15.6. The Morgan fingerprint density at radius 3 is 1.29 bits per heavy atom. The van der Waals surface area contributed by atoms with Crippen LogP contribution in [0.3, 0.4) is 0 Å². The van der Waals surface area contributed by atoms with Crippen LogP contribution < -0.4 is 0 Å². The Morgan fingerprint density at radius 2 is 0.867 bits per heavy atom. The van der Waals surface area contributed by atoms with Gasteiger partial charge in [0, 0.05) is 106 Å². The predicted molar refractivity (Wildman–Crippen MR) is 166 cm³/mol. The molecule has 5 aromatic rings. The van der Waals surface area contributed by atoms with E-state index >= 15 is 0 Å². The first-order valence-electron chi connectivity index (χ1n) is 11.6. The predicted octanol–water partition coefficient (Wildman–Crippen LogP) is 2.53. The molecule has 0 aliphatic heterocycles. The standard InChI is InChI=1S/C26H18N4O9S3.3Na/c31-40(32,33)20-7-1-16(2-8-20)19-13-14-27-23(15-19)26-28-24(17-3-9-21(10-4-17)41(34,35)36)25(29-30-26)18-5-11-22(12-6-18)42(37,38)39;;;/h1-15H,(H,31,32,33)(H,34,35,36)(H,37,38,39);;;. The molecule has 3 aromatic carbocycles. The van der Waals surface area contributed by atoms with Crippen molar-refractivity contribution in [2.24, 2.45) is 0 Å². The van der Waals surface area contributed by atoms with Crippen LogP contribution in [0.1, 0.15) is 0 Å².